The standard InChI is InChI=1S/C19H19N3OS/c23-19(22-9-4-7-18(22)16-8-10-24-14-16)17-11-20-21(13-17)12-15-5-2-1-3-6-15/h1-3,5-6,8,10-11,13-14,18H,4,7,9,12H2. The maximum Gasteiger partial charge on any atom is 0.257 e. The molecule has 1 saturated heterocycles. The summed E-state index contributed by atoms with van der Waals surface area (Å²) >= 11 is 1.69. The van der Waals surface area contributed by atoms with Gasteiger partial charge in [-0.1, -0.05) is 30.3 Å². The smallest absolute Gasteiger partial charge is 0.257 e. The number of carbonyl (C=O) groups excluding carboxylic acids is 1. The van der Waals surface area contributed by atoms with Gasteiger partial charge in [-0.2, -0.15) is 16.4 Å². The topological polar surface area (TPSA) is 38.1 Å². The lowest BCUT2D eigenvalue weighted by atomic mass is 10.1. The van der Waals surface area contributed by atoms with Gasteiger partial charge in [-0.3, -0.25) is 9.48 Å². The summed E-state index contributed by atoms with van der Waals surface area (Å²) in [5, 5.41) is 8.59. The molecular formula is C19H19N3OS. The third-order valence-corrected chi connectivity index (χ3v) is 5.21. The Kier molecular flexibility index (Phi) is 4.17. The molecule has 1 amide bonds. The highest BCUT2D eigenvalue weighted by Gasteiger charge is 2.31. The molecule has 1 aromatic carbocycles. The quantitative estimate of drug-likeness (QED) is 0.722. The molecular weight excluding hydrogens is 318 g/mol. The summed E-state index contributed by atoms with van der Waals surface area (Å²) in [6.07, 6.45) is 5.65. The van der Waals surface area contributed by atoms with Crippen LogP contribution in [0.25, 0.3) is 0 Å². The van der Waals surface area contributed by atoms with Crippen LogP contribution in [0.5, 0.6) is 0 Å². The Balaban J connectivity index is 1.50. The summed E-state index contributed by atoms with van der Waals surface area (Å²) in [5.41, 5.74) is 3.10. The number of rotatable bonds is 4. The average molecular weight is 337 g/mol. The van der Waals surface area contributed by atoms with Crippen molar-refractivity contribution in [3.05, 3.63) is 76.2 Å². The molecule has 0 saturated carbocycles. The molecule has 3 aromatic rings. The minimum atomic E-state index is 0.0861. The first-order chi connectivity index (χ1) is 11.8. The van der Waals surface area contributed by atoms with Gasteiger partial charge in [0.25, 0.3) is 5.91 Å². The van der Waals surface area contributed by atoms with E-state index in [9.17, 15) is 4.79 Å². The van der Waals surface area contributed by atoms with Gasteiger partial charge in [-0.15, -0.1) is 0 Å². The van der Waals surface area contributed by atoms with Gasteiger partial charge in [-0.05, 0) is 40.8 Å². The summed E-state index contributed by atoms with van der Waals surface area (Å²) in [5.74, 6) is 0.0861. The minimum Gasteiger partial charge on any atom is -0.331 e. The molecule has 4 nitrogen and oxygen atoms in total. The van der Waals surface area contributed by atoms with Crippen molar-refractivity contribution in [2.24, 2.45) is 0 Å². The summed E-state index contributed by atoms with van der Waals surface area (Å²) in [7, 11) is 0. The predicted molar refractivity (Wildman–Crippen MR) is 95.1 cm³/mol. The highest BCUT2D eigenvalue weighted by molar-refractivity contribution is 7.08. The van der Waals surface area contributed by atoms with Crippen LogP contribution in [0.15, 0.2) is 59.6 Å². The molecule has 0 radical (unpaired) electrons. The number of likely N-dealkylation sites (tertiary alicyclic amines) is 1. The van der Waals surface area contributed by atoms with Crippen LogP contribution < -0.4 is 0 Å². The Hall–Kier alpha value is -2.40. The number of aromatic nitrogens is 2. The number of thiophene rings is 1. The van der Waals surface area contributed by atoms with E-state index in [2.05, 4.69) is 34.1 Å². The summed E-state index contributed by atoms with van der Waals surface area (Å²) in [6, 6.07) is 12.5. The zero-order valence-corrected chi connectivity index (χ0v) is 14.2. The van der Waals surface area contributed by atoms with Gasteiger partial charge in [0.15, 0.2) is 0 Å². The van der Waals surface area contributed by atoms with Gasteiger partial charge >= 0.3 is 0 Å². The summed E-state index contributed by atoms with van der Waals surface area (Å²) < 4.78 is 1.83. The van der Waals surface area contributed by atoms with Gasteiger partial charge in [0.2, 0.25) is 0 Å². The van der Waals surface area contributed by atoms with Crippen molar-refractivity contribution in [2.45, 2.75) is 25.4 Å². The van der Waals surface area contributed by atoms with E-state index in [1.165, 1.54) is 11.1 Å². The molecule has 1 aliphatic heterocycles. The number of benzene rings is 1. The SMILES string of the molecule is O=C(c1cnn(Cc2ccccc2)c1)N1CCCC1c1ccsc1. The molecule has 1 atom stereocenters. The van der Waals surface area contributed by atoms with Crippen LogP contribution in [0, 0.1) is 0 Å². The Bertz CT molecular complexity index is 810. The fourth-order valence-electron chi connectivity index (χ4n) is 3.32. The molecule has 1 unspecified atom stereocenters. The van der Waals surface area contributed by atoms with Crippen LogP contribution >= 0.6 is 11.3 Å². The first-order valence-corrected chi connectivity index (χ1v) is 9.15. The van der Waals surface area contributed by atoms with Crippen LogP contribution in [-0.4, -0.2) is 27.1 Å². The van der Waals surface area contributed by atoms with Gasteiger partial charge < -0.3 is 4.90 Å². The molecule has 0 bridgehead atoms. The van der Waals surface area contributed by atoms with E-state index in [0.717, 1.165) is 19.4 Å². The van der Waals surface area contributed by atoms with Crippen LogP contribution in [0.1, 0.15) is 40.4 Å². The van der Waals surface area contributed by atoms with E-state index in [0.29, 0.717) is 12.1 Å². The van der Waals surface area contributed by atoms with E-state index in [4.69, 9.17) is 0 Å². The van der Waals surface area contributed by atoms with E-state index in [1.54, 1.807) is 17.5 Å². The van der Waals surface area contributed by atoms with Gasteiger partial charge in [0.1, 0.15) is 0 Å². The number of hydrogen-bond donors (Lipinski definition) is 0. The van der Waals surface area contributed by atoms with Crippen molar-refractivity contribution in [3.63, 3.8) is 0 Å². The van der Waals surface area contributed by atoms with Crippen molar-refractivity contribution in [3.8, 4) is 0 Å². The van der Waals surface area contributed by atoms with Crippen LogP contribution in [0.2, 0.25) is 0 Å². The van der Waals surface area contributed by atoms with Crippen molar-refractivity contribution in [1.29, 1.82) is 0 Å². The molecule has 0 spiro atoms. The third-order valence-electron chi connectivity index (χ3n) is 4.51. The van der Waals surface area contributed by atoms with Crippen molar-refractivity contribution in [2.75, 3.05) is 6.54 Å². The summed E-state index contributed by atoms with van der Waals surface area (Å²) in [6.45, 7) is 1.51. The second-order valence-electron chi connectivity index (χ2n) is 6.13. The average Bonchev–Trinajstić information content (AvgIpc) is 3.35. The molecule has 0 N–H and O–H groups in total. The number of hydrogen-bond acceptors (Lipinski definition) is 3. The predicted octanol–water partition coefficient (Wildman–Crippen LogP) is 3.97. The minimum absolute atomic E-state index is 0.0861. The van der Waals surface area contributed by atoms with Crippen molar-refractivity contribution >= 4 is 17.2 Å². The number of amides is 1. The molecule has 0 aliphatic carbocycles. The van der Waals surface area contributed by atoms with Crippen LogP contribution in [0.3, 0.4) is 0 Å². The van der Waals surface area contributed by atoms with Crippen LogP contribution in [0.4, 0.5) is 0 Å². The maximum atomic E-state index is 12.9. The fraction of sp³-hybridized carbons (Fsp3) is 0.263. The highest BCUT2D eigenvalue weighted by Crippen LogP contribution is 2.34. The zero-order valence-electron chi connectivity index (χ0n) is 13.3. The Morgan fingerprint density at radius 1 is 1.25 bits per heavy atom. The molecule has 3 heterocycles. The van der Waals surface area contributed by atoms with Gasteiger partial charge in [0.05, 0.1) is 24.3 Å². The van der Waals surface area contributed by atoms with E-state index in [-0.39, 0.29) is 11.9 Å². The van der Waals surface area contributed by atoms with E-state index < -0.39 is 0 Å². The monoisotopic (exact) mass is 337 g/mol. The molecule has 4 rings (SSSR count). The largest absolute Gasteiger partial charge is 0.331 e. The van der Waals surface area contributed by atoms with Crippen molar-refractivity contribution in [1.82, 2.24) is 14.7 Å². The second kappa shape index (κ2) is 6.61. The lowest BCUT2D eigenvalue weighted by Crippen LogP contribution is -2.30. The lowest BCUT2D eigenvalue weighted by Gasteiger charge is -2.23. The zero-order chi connectivity index (χ0) is 16.4. The Labute approximate surface area is 145 Å². The van der Waals surface area contributed by atoms with Crippen LogP contribution in [-0.2, 0) is 6.54 Å². The molecule has 1 aliphatic rings. The van der Waals surface area contributed by atoms with E-state index >= 15 is 0 Å². The summed E-state index contributed by atoms with van der Waals surface area (Å²) in [4.78, 5) is 14.9. The molecule has 1 fully saturated rings. The third kappa shape index (κ3) is 2.99. The molecule has 2 aromatic heterocycles. The second-order valence-corrected chi connectivity index (χ2v) is 6.91. The molecule has 24 heavy (non-hydrogen) atoms. The maximum absolute atomic E-state index is 12.9. The Morgan fingerprint density at radius 3 is 2.92 bits per heavy atom. The lowest BCUT2D eigenvalue weighted by molar-refractivity contribution is 0.0736. The first kappa shape index (κ1) is 15.1. The van der Waals surface area contributed by atoms with E-state index in [1.807, 2.05) is 34.0 Å². The van der Waals surface area contributed by atoms with Gasteiger partial charge in [-0.25, -0.2) is 0 Å². The number of nitrogens with zero attached hydrogens (tertiary/aromatic N) is 3. The fourth-order valence-corrected chi connectivity index (χ4v) is 4.02. The van der Waals surface area contributed by atoms with Gasteiger partial charge in [0, 0.05) is 12.7 Å². The Morgan fingerprint density at radius 2 is 2.12 bits per heavy atom. The highest BCUT2D eigenvalue weighted by atomic mass is 32.1. The number of carbonyl (C=O) groups is 1. The molecule has 122 valence electrons. The van der Waals surface area contributed by atoms with Crippen molar-refractivity contribution < 1.29 is 4.79 Å². The normalized spacial score (nSPS) is 17.3. The first-order valence-electron chi connectivity index (χ1n) is 8.21. The molecule has 5 heteroatoms.